The van der Waals surface area contributed by atoms with Crippen molar-refractivity contribution in [2.45, 2.75) is 40.3 Å². The molecule has 0 aliphatic rings. The average Bonchev–Trinajstić information content (AvgIpc) is 2.32. The van der Waals surface area contributed by atoms with Gasteiger partial charge in [-0.25, -0.2) is 9.13 Å². The first-order valence-corrected chi connectivity index (χ1v) is 4.82. The van der Waals surface area contributed by atoms with E-state index in [1.807, 2.05) is 20.0 Å². The standard InChI is InChI=1S/C10H16N2O2/c1-4-5-12-8(2)6-11(9(12)3)7-10(13)14/h6H,4-5,7H2,1-3H3. The molecule has 14 heavy (non-hydrogen) atoms. The van der Waals surface area contributed by atoms with Crippen LogP contribution in [0.25, 0.3) is 0 Å². The summed E-state index contributed by atoms with van der Waals surface area (Å²) in [4.78, 5) is 10.5. The third kappa shape index (κ3) is 2.13. The molecule has 0 aromatic carbocycles. The normalized spacial score (nSPS) is 10.5. The predicted octanol–water partition coefficient (Wildman–Crippen LogP) is -0.448. The SMILES string of the molecule is CCCn1c(C)c[n+](CC(=O)[O-])c1C. The van der Waals surface area contributed by atoms with E-state index in [9.17, 15) is 9.90 Å². The third-order valence-electron chi connectivity index (χ3n) is 2.32. The maximum Gasteiger partial charge on any atom is 0.253 e. The molecule has 0 aliphatic heterocycles. The largest absolute Gasteiger partial charge is 0.546 e. The molecule has 0 fully saturated rings. The molecule has 0 bridgehead atoms. The van der Waals surface area contributed by atoms with Crippen LogP contribution in [0.15, 0.2) is 6.20 Å². The Morgan fingerprint density at radius 2 is 2.21 bits per heavy atom. The quantitative estimate of drug-likeness (QED) is 0.612. The Balaban J connectivity index is 2.97. The van der Waals surface area contributed by atoms with Gasteiger partial charge in [0.15, 0.2) is 0 Å². The van der Waals surface area contributed by atoms with Crippen molar-refractivity contribution in [2.24, 2.45) is 0 Å². The molecule has 0 N–H and O–H groups in total. The zero-order chi connectivity index (χ0) is 10.7. The van der Waals surface area contributed by atoms with Crippen LogP contribution in [0, 0.1) is 13.8 Å². The zero-order valence-corrected chi connectivity index (χ0v) is 8.91. The lowest BCUT2D eigenvalue weighted by molar-refractivity contribution is -0.696. The van der Waals surface area contributed by atoms with Gasteiger partial charge in [0, 0.05) is 13.8 Å². The average molecular weight is 196 g/mol. The van der Waals surface area contributed by atoms with Crippen LogP contribution in [0.5, 0.6) is 0 Å². The van der Waals surface area contributed by atoms with Crippen molar-refractivity contribution in [3.8, 4) is 0 Å². The Morgan fingerprint density at radius 1 is 1.57 bits per heavy atom. The molecule has 0 amide bonds. The first-order chi connectivity index (χ1) is 6.56. The van der Waals surface area contributed by atoms with Gasteiger partial charge in [0.1, 0.15) is 18.4 Å². The lowest BCUT2D eigenvalue weighted by Gasteiger charge is -2.01. The van der Waals surface area contributed by atoms with Crippen molar-refractivity contribution < 1.29 is 14.5 Å². The second kappa shape index (κ2) is 4.26. The topological polar surface area (TPSA) is 48.9 Å². The number of aromatic nitrogens is 2. The molecule has 0 spiro atoms. The van der Waals surface area contributed by atoms with Crippen molar-refractivity contribution in [1.29, 1.82) is 0 Å². The van der Waals surface area contributed by atoms with Gasteiger partial charge in [0.05, 0.1) is 12.5 Å². The molecule has 1 rings (SSSR count). The van der Waals surface area contributed by atoms with Gasteiger partial charge in [-0.05, 0) is 6.42 Å². The second-order valence-electron chi connectivity index (χ2n) is 3.47. The number of imidazole rings is 1. The van der Waals surface area contributed by atoms with E-state index < -0.39 is 5.97 Å². The second-order valence-corrected chi connectivity index (χ2v) is 3.47. The van der Waals surface area contributed by atoms with Gasteiger partial charge in [-0.3, -0.25) is 0 Å². The van der Waals surface area contributed by atoms with E-state index in [1.165, 1.54) is 0 Å². The smallest absolute Gasteiger partial charge is 0.253 e. The van der Waals surface area contributed by atoms with Crippen LogP contribution < -0.4 is 9.67 Å². The Morgan fingerprint density at radius 3 is 2.71 bits per heavy atom. The molecule has 0 aliphatic carbocycles. The fraction of sp³-hybridized carbons (Fsp3) is 0.600. The molecule has 0 radical (unpaired) electrons. The predicted molar refractivity (Wildman–Crippen MR) is 49.4 cm³/mol. The van der Waals surface area contributed by atoms with Crippen LogP contribution in [-0.4, -0.2) is 10.5 Å². The highest BCUT2D eigenvalue weighted by Gasteiger charge is 2.15. The number of aliphatic carboxylic acids is 1. The van der Waals surface area contributed by atoms with E-state index in [0.29, 0.717) is 0 Å². The molecular formula is C10H16N2O2. The van der Waals surface area contributed by atoms with E-state index >= 15 is 0 Å². The lowest BCUT2D eigenvalue weighted by Crippen LogP contribution is -2.44. The van der Waals surface area contributed by atoms with Gasteiger partial charge >= 0.3 is 0 Å². The maximum absolute atomic E-state index is 10.5. The summed E-state index contributed by atoms with van der Waals surface area (Å²) >= 11 is 0. The Hall–Kier alpha value is -1.32. The van der Waals surface area contributed by atoms with E-state index in [1.54, 1.807) is 4.57 Å². The van der Waals surface area contributed by atoms with E-state index in [0.717, 1.165) is 24.5 Å². The minimum Gasteiger partial charge on any atom is -0.546 e. The Labute approximate surface area is 83.8 Å². The van der Waals surface area contributed by atoms with E-state index in [4.69, 9.17) is 0 Å². The number of carbonyl (C=O) groups is 1. The minimum atomic E-state index is -1.05. The van der Waals surface area contributed by atoms with Crippen LogP contribution in [0.4, 0.5) is 0 Å². The molecule has 4 nitrogen and oxygen atoms in total. The van der Waals surface area contributed by atoms with E-state index in [-0.39, 0.29) is 6.54 Å². The van der Waals surface area contributed by atoms with Crippen molar-refractivity contribution in [1.82, 2.24) is 4.57 Å². The van der Waals surface area contributed by atoms with Crippen LogP contribution in [0.1, 0.15) is 24.9 Å². The van der Waals surface area contributed by atoms with Crippen LogP contribution >= 0.6 is 0 Å². The summed E-state index contributed by atoms with van der Waals surface area (Å²) in [6.45, 7) is 6.86. The summed E-state index contributed by atoms with van der Waals surface area (Å²) in [5, 5.41) is 10.5. The van der Waals surface area contributed by atoms with Crippen LogP contribution in [0.3, 0.4) is 0 Å². The van der Waals surface area contributed by atoms with E-state index in [2.05, 4.69) is 11.5 Å². The molecule has 1 heterocycles. The number of aryl methyl sites for hydroxylation is 1. The molecule has 0 saturated heterocycles. The molecular weight excluding hydrogens is 180 g/mol. The van der Waals surface area contributed by atoms with Crippen molar-refractivity contribution >= 4 is 5.97 Å². The van der Waals surface area contributed by atoms with Gasteiger partial charge in [-0.15, -0.1) is 0 Å². The molecule has 1 aromatic rings. The molecule has 4 heteroatoms. The highest BCUT2D eigenvalue weighted by atomic mass is 16.4. The molecule has 0 saturated carbocycles. The van der Waals surface area contributed by atoms with Crippen molar-refractivity contribution in [2.75, 3.05) is 0 Å². The monoisotopic (exact) mass is 196 g/mol. The highest BCUT2D eigenvalue weighted by Crippen LogP contribution is 2.02. The van der Waals surface area contributed by atoms with Gasteiger partial charge in [0.25, 0.3) is 5.82 Å². The molecule has 0 unspecified atom stereocenters. The van der Waals surface area contributed by atoms with Gasteiger partial charge < -0.3 is 9.90 Å². The Bertz CT molecular complexity index is 342. The highest BCUT2D eigenvalue weighted by molar-refractivity contribution is 5.62. The van der Waals surface area contributed by atoms with Gasteiger partial charge in [0.2, 0.25) is 0 Å². The first-order valence-electron chi connectivity index (χ1n) is 4.82. The van der Waals surface area contributed by atoms with Crippen molar-refractivity contribution in [3.63, 3.8) is 0 Å². The number of carboxylic acids is 1. The van der Waals surface area contributed by atoms with Crippen LogP contribution in [0.2, 0.25) is 0 Å². The summed E-state index contributed by atoms with van der Waals surface area (Å²) in [7, 11) is 0. The van der Waals surface area contributed by atoms with Crippen LogP contribution in [-0.2, 0) is 17.9 Å². The lowest BCUT2D eigenvalue weighted by atomic mass is 10.4. The Kier molecular flexibility index (Phi) is 3.28. The van der Waals surface area contributed by atoms with Crippen molar-refractivity contribution in [3.05, 3.63) is 17.7 Å². The summed E-state index contributed by atoms with van der Waals surface area (Å²) in [5.41, 5.74) is 1.09. The van der Waals surface area contributed by atoms with Gasteiger partial charge in [-0.2, -0.15) is 0 Å². The third-order valence-corrected chi connectivity index (χ3v) is 2.32. The number of hydrogen-bond acceptors (Lipinski definition) is 2. The number of rotatable bonds is 4. The summed E-state index contributed by atoms with van der Waals surface area (Å²) in [5.74, 6) is -0.0831. The van der Waals surface area contributed by atoms with Gasteiger partial charge in [-0.1, -0.05) is 6.92 Å². The number of carboxylic acid groups (broad SMARTS) is 1. The molecule has 1 aromatic heterocycles. The minimum absolute atomic E-state index is 0.0661. The molecule has 78 valence electrons. The fourth-order valence-electron chi connectivity index (χ4n) is 1.66. The summed E-state index contributed by atoms with van der Waals surface area (Å²) < 4.78 is 3.82. The number of nitrogens with zero attached hydrogens (tertiary/aromatic N) is 2. The zero-order valence-electron chi connectivity index (χ0n) is 8.91. The number of hydrogen-bond donors (Lipinski definition) is 0. The fourth-order valence-corrected chi connectivity index (χ4v) is 1.66. The maximum atomic E-state index is 10.5. The first kappa shape index (κ1) is 10.8. The number of carbonyl (C=O) groups excluding carboxylic acids is 1. The molecule has 0 atom stereocenters. The summed E-state index contributed by atoms with van der Waals surface area (Å²) in [6, 6.07) is 0. The summed E-state index contributed by atoms with van der Waals surface area (Å²) in [6.07, 6.45) is 2.89.